The summed E-state index contributed by atoms with van der Waals surface area (Å²) in [7, 11) is 0. The number of rotatable bonds is 1. The van der Waals surface area contributed by atoms with E-state index in [9.17, 15) is 0 Å². The van der Waals surface area contributed by atoms with Crippen molar-refractivity contribution < 1.29 is 4.42 Å². The quantitative estimate of drug-likeness (QED) is 0.631. The number of aromatic amines is 1. The Balaban J connectivity index is 2.25. The highest BCUT2D eigenvalue weighted by molar-refractivity contribution is 5.79. The van der Waals surface area contributed by atoms with Gasteiger partial charge in [0.25, 0.3) is 0 Å². The maximum Gasteiger partial charge on any atom is 0.144 e. The number of hydrogen-bond donors (Lipinski definition) is 1. The van der Waals surface area contributed by atoms with Crippen molar-refractivity contribution >= 4 is 0 Å². The summed E-state index contributed by atoms with van der Waals surface area (Å²) in [6.45, 7) is 0. The van der Waals surface area contributed by atoms with Gasteiger partial charge in [-0.1, -0.05) is 6.07 Å². The fourth-order valence-corrected chi connectivity index (χ4v) is 1.59. The molecule has 2 aliphatic rings. The highest BCUT2D eigenvalue weighted by atomic mass is 16.3. The van der Waals surface area contributed by atoms with E-state index < -0.39 is 0 Å². The van der Waals surface area contributed by atoms with E-state index in [1.54, 1.807) is 18.7 Å². The van der Waals surface area contributed by atoms with Crippen LogP contribution in [0.5, 0.6) is 0 Å². The van der Waals surface area contributed by atoms with Crippen molar-refractivity contribution in [3.63, 3.8) is 0 Å². The maximum absolute atomic E-state index is 5.45. The molecule has 3 heteroatoms. The third-order valence-corrected chi connectivity index (χ3v) is 2.23. The van der Waals surface area contributed by atoms with Crippen LogP contribution in [0, 0.1) is 0 Å². The molecule has 68 valence electrons. The van der Waals surface area contributed by atoms with E-state index in [2.05, 4.69) is 9.97 Å². The number of fused-ring (bicyclic) bond motifs is 1. The average molecular weight is 184 g/mol. The van der Waals surface area contributed by atoms with E-state index in [4.69, 9.17) is 4.42 Å². The summed E-state index contributed by atoms with van der Waals surface area (Å²) >= 11 is 0. The third-order valence-electron chi connectivity index (χ3n) is 2.23. The normalized spacial score (nSPS) is 10.9. The Morgan fingerprint density at radius 3 is 3.07 bits per heavy atom. The van der Waals surface area contributed by atoms with E-state index in [0.717, 1.165) is 22.7 Å². The van der Waals surface area contributed by atoms with Crippen LogP contribution in [0.25, 0.3) is 22.7 Å². The minimum Gasteiger partial charge on any atom is -0.464 e. The minimum absolute atomic E-state index is 0.843. The highest BCUT2D eigenvalue weighted by Crippen LogP contribution is 2.33. The zero-order valence-corrected chi connectivity index (χ0v) is 7.40. The number of nitrogens with one attached hydrogen (secondary N) is 1. The fourth-order valence-electron chi connectivity index (χ4n) is 1.59. The summed E-state index contributed by atoms with van der Waals surface area (Å²) in [5, 5.41) is 0. The van der Waals surface area contributed by atoms with Crippen molar-refractivity contribution in [3.05, 3.63) is 42.9 Å². The monoisotopic (exact) mass is 184 g/mol. The van der Waals surface area contributed by atoms with Crippen LogP contribution in [0.15, 0.2) is 47.3 Å². The first-order chi connectivity index (χ1) is 6.95. The fraction of sp³-hybridized carbons (Fsp3) is 0. The molecule has 1 aliphatic carbocycles. The first-order valence-electron chi connectivity index (χ1n) is 4.41. The van der Waals surface area contributed by atoms with Gasteiger partial charge in [0.15, 0.2) is 0 Å². The molecule has 1 aliphatic heterocycles. The minimum atomic E-state index is 0.843. The smallest absolute Gasteiger partial charge is 0.144 e. The zero-order chi connectivity index (χ0) is 9.38. The summed E-state index contributed by atoms with van der Waals surface area (Å²) in [5.74, 6) is 1.72. The Morgan fingerprint density at radius 2 is 2.21 bits per heavy atom. The lowest BCUT2D eigenvalue weighted by Gasteiger charge is -1.98. The lowest BCUT2D eigenvalue weighted by molar-refractivity contribution is 0.568. The van der Waals surface area contributed by atoms with Crippen LogP contribution in [0.2, 0.25) is 0 Å². The van der Waals surface area contributed by atoms with Crippen molar-refractivity contribution in [2.75, 3.05) is 0 Å². The molecule has 0 saturated carbocycles. The van der Waals surface area contributed by atoms with Crippen LogP contribution >= 0.6 is 0 Å². The largest absolute Gasteiger partial charge is 0.464 e. The van der Waals surface area contributed by atoms with Gasteiger partial charge < -0.3 is 9.40 Å². The Kier molecular flexibility index (Phi) is 1.44. The molecule has 0 atom stereocenters. The molecule has 0 aromatic carbocycles. The maximum atomic E-state index is 5.45. The number of H-pyrrole nitrogens is 1. The standard InChI is InChI=1S/C11H8N2O/c1-2-8-3-4-9(10(8)14-7-1)11-12-5-6-13-11/h1-7H,(H,12,13). The SMILES string of the molecule is c1coc2c(-c3ncc[nH]3)ccc-2c1. The van der Waals surface area contributed by atoms with Crippen LogP contribution in [0.1, 0.15) is 0 Å². The first kappa shape index (κ1) is 7.38. The molecular weight excluding hydrogens is 176 g/mol. The summed E-state index contributed by atoms with van der Waals surface area (Å²) in [5.41, 5.74) is 2.10. The molecule has 0 fully saturated rings. The summed E-state index contributed by atoms with van der Waals surface area (Å²) in [6.07, 6.45) is 5.21. The summed E-state index contributed by atoms with van der Waals surface area (Å²) in [4.78, 5) is 7.25. The molecule has 3 nitrogen and oxygen atoms in total. The number of imidazole rings is 1. The lowest BCUT2D eigenvalue weighted by atomic mass is 10.2. The molecule has 0 saturated heterocycles. The van der Waals surface area contributed by atoms with Crippen molar-refractivity contribution in [3.8, 4) is 22.7 Å². The van der Waals surface area contributed by atoms with E-state index in [0.29, 0.717) is 0 Å². The second kappa shape index (κ2) is 2.73. The van der Waals surface area contributed by atoms with Crippen LogP contribution in [-0.4, -0.2) is 9.97 Å². The molecule has 0 unspecified atom stereocenters. The van der Waals surface area contributed by atoms with Gasteiger partial charge in [0, 0.05) is 18.0 Å². The van der Waals surface area contributed by atoms with Crippen LogP contribution < -0.4 is 0 Å². The second-order valence-corrected chi connectivity index (χ2v) is 3.08. The lowest BCUT2D eigenvalue weighted by Crippen LogP contribution is -1.80. The molecule has 2 heterocycles. The molecule has 1 aromatic heterocycles. The Labute approximate surface area is 80.7 Å². The Morgan fingerprint density at radius 1 is 1.21 bits per heavy atom. The Bertz CT molecular complexity index is 510. The van der Waals surface area contributed by atoms with Crippen molar-refractivity contribution in [2.24, 2.45) is 0 Å². The zero-order valence-electron chi connectivity index (χ0n) is 7.40. The van der Waals surface area contributed by atoms with Crippen molar-refractivity contribution in [2.45, 2.75) is 0 Å². The average Bonchev–Trinajstić information content (AvgIpc) is 2.85. The number of hydrogen-bond acceptors (Lipinski definition) is 2. The van der Waals surface area contributed by atoms with Gasteiger partial charge in [-0.2, -0.15) is 0 Å². The predicted molar refractivity (Wildman–Crippen MR) is 52.9 cm³/mol. The van der Waals surface area contributed by atoms with Gasteiger partial charge in [-0.3, -0.25) is 0 Å². The van der Waals surface area contributed by atoms with Gasteiger partial charge in [0.05, 0.1) is 11.8 Å². The molecule has 1 N–H and O–H groups in total. The molecule has 1 aromatic rings. The van der Waals surface area contributed by atoms with E-state index in [-0.39, 0.29) is 0 Å². The molecular formula is C11H8N2O. The molecule has 14 heavy (non-hydrogen) atoms. The van der Waals surface area contributed by atoms with Crippen LogP contribution in [0.3, 0.4) is 0 Å². The van der Waals surface area contributed by atoms with E-state index >= 15 is 0 Å². The number of aromatic nitrogens is 2. The van der Waals surface area contributed by atoms with Gasteiger partial charge in [-0.15, -0.1) is 0 Å². The van der Waals surface area contributed by atoms with E-state index in [1.165, 1.54) is 0 Å². The molecule has 0 amide bonds. The Hall–Kier alpha value is -2.03. The van der Waals surface area contributed by atoms with Gasteiger partial charge in [-0.25, -0.2) is 4.98 Å². The van der Waals surface area contributed by atoms with Crippen LogP contribution in [0.4, 0.5) is 0 Å². The van der Waals surface area contributed by atoms with Crippen molar-refractivity contribution in [1.82, 2.24) is 9.97 Å². The molecule has 0 bridgehead atoms. The van der Waals surface area contributed by atoms with Gasteiger partial charge in [0.2, 0.25) is 0 Å². The van der Waals surface area contributed by atoms with Crippen molar-refractivity contribution in [1.29, 1.82) is 0 Å². The van der Waals surface area contributed by atoms with Gasteiger partial charge >= 0.3 is 0 Å². The summed E-state index contributed by atoms with van der Waals surface area (Å²) < 4.78 is 5.45. The summed E-state index contributed by atoms with van der Waals surface area (Å²) in [6, 6.07) is 7.93. The highest BCUT2D eigenvalue weighted by Gasteiger charge is 2.13. The number of nitrogens with zero attached hydrogens (tertiary/aromatic N) is 1. The van der Waals surface area contributed by atoms with Gasteiger partial charge in [-0.05, 0) is 18.2 Å². The predicted octanol–water partition coefficient (Wildman–Crippen LogP) is 2.77. The van der Waals surface area contributed by atoms with E-state index in [1.807, 2.05) is 24.3 Å². The molecule has 3 rings (SSSR count). The first-order valence-corrected chi connectivity index (χ1v) is 4.41. The second-order valence-electron chi connectivity index (χ2n) is 3.08. The molecule has 0 radical (unpaired) electrons. The third kappa shape index (κ3) is 0.956. The molecule has 0 spiro atoms. The topological polar surface area (TPSA) is 41.8 Å². The van der Waals surface area contributed by atoms with Crippen LogP contribution in [-0.2, 0) is 0 Å². The van der Waals surface area contributed by atoms with Gasteiger partial charge in [0.1, 0.15) is 11.6 Å².